The number of nitrogens with zero attached hydrogens (tertiary/aromatic N) is 3. The summed E-state index contributed by atoms with van der Waals surface area (Å²) in [5, 5.41) is 11.1. The molecule has 0 radical (unpaired) electrons. The summed E-state index contributed by atoms with van der Waals surface area (Å²) in [6, 6.07) is 1.51. The molecule has 0 aliphatic heterocycles. The number of esters is 1. The minimum absolute atomic E-state index is 0.0199. The lowest BCUT2D eigenvalue weighted by Crippen LogP contribution is -2.34. The first-order valence-corrected chi connectivity index (χ1v) is 7.04. The van der Waals surface area contributed by atoms with E-state index >= 15 is 0 Å². The van der Waals surface area contributed by atoms with Crippen LogP contribution >= 0.6 is 15.9 Å². The average Bonchev–Trinajstić information content (AvgIpc) is 3.20. The lowest BCUT2D eigenvalue weighted by molar-refractivity contribution is -0.384. The van der Waals surface area contributed by atoms with Crippen LogP contribution in [0.15, 0.2) is 16.7 Å². The van der Waals surface area contributed by atoms with E-state index in [1.165, 1.54) is 12.3 Å². The molecule has 0 saturated heterocycles. The van der Waals surface area contributed by atoms with Crippen LogP contribution in [-0.4, -0.2) is 35.1 Å². The van der Waals surface area contributed by atoms with E-state index in [0.29, 0.717) is 4.47 Å². The van der Waals surface area contributed by atoms with E-state index in [-0.39, 0.29) is 30.7 Å². The molecule has 0 aromatic carbocycles. The van der Waals surface area contributed by atoms with Crippen LogP contribution in [0.25, 0.3) is 0 Å². The molecular formula is C12H14BrN3O4. The van der Waals surface area contributed by atoms with Crippen LogP contribution in [0.4, 0.5) is 11.5 Å². The van der Waals surface area contributed by atoms with Crippen molar-refractivity contribution >= 4 is 33.4 Å². The fourth-order valence-electron chi connectivity index (χ4n) is 1.89. The van der Waals surface area contributed by atoms with Gasteiger partial charge in [0, 0.05) is 22.8 Å². The first-order valence-electron chi connectivity index (χ1n) is 6.25. The quantitative estimate of drug-likeness (QED) is 0.447. The van der Waals surface area contributed by atoms with Gasteiger partial charge < -0.3 is 9.64 Å². The number of hydrogen-bond acceptors (Lipinski definition) is 6. The van der Waals surface area contributed by atoms with Crippen LogP contribution in [0.2, 0.25) is 0 Å². The van der Waals surface area contributed by atoms with Crippen molar-refractivity contribution < 1.29 is 14.5 Å². The number of ether oxygens (including phenoxy) is 1. The Bertz CT molecular complexity index is 533. The summed E-state index contributed by atoms with van der Waals surface area (Å²) in [5.41, 5.74) is -0.115. The molecule has 1 aromatic heterocycles. The molecular weight excluding hydrogens is 330 g/mol. The Morgan fingerprint density at radius 3 is 2.90 bits per heavy atom. The lowest BCUT2D eigenvalue weighted by Gasteiger charge is -2.21. The van der Waals surface area contributed by atoms with Gasteiger partial charge in [0.2, 0.25) is 5.82 Å². The van der Waals surface area contributed by atoms with E-state index in [0.717, 1.165) is 12.8 Å². The number of aromatic nitrogens is 1. The highest BCUT2D eigenvalue weighted by molar-refractivity contribution is 9.10. The number of anilines is 1. The van der Waals surface area contributed by atoms with Gasteiger partial charge in [-0.15, -0.1) is 0 Å². The molecule has 0 bridgehead atoms. The summed E-state index contributed by atoms with van der Waals surface area (Å²) in [5.74, 6) is -0.188. The van der Waals surface area contributed by atoms with Gasteiger partial charge in [-0.3, -0.25) is 14.9 Å². The molecule has 1 heterocycles. The first kappa shape index (κ1) is 14.7. The van der Waals surface area contributed by atoms with E-state index in [1.54, 1.807) is 11.8 Å². The third-order valence-electron chi connectivity index (χ3n) is 2.88. The van der Waals surface area contributed by atoms with Gasteiger partial charge in [-0.2, -0.15) is 0 Å². The lowest BCUT2D eigenvalue weighted by atomic mass is 10.3. The molecule has 0 spiro atoms. The second-order valence-electron chi connectivity index (χ2n) is 4.42. The molecule has 20 heavy (non-hydrogen) atoms. The highest BCUT2D eigenvalue weighted by Gasteiger charge is 2.35. The SMILES string of the molecule is CCOC(=O)CN(c1ncc(Br)cc1[N+](=O)[O-])C1CC1. The fourth-order valence-corrected chi connectivity index (χ4v) is 2.21. The summed E-state index contributed by atoms with van der Waals surface area (Å²) < 4.78 is 5.44. The summed E-state index contributed by atoms with van der Waals surface area (Å²) in [6.07, 6.45) is 3.28. The maximum absolute atomic E-state index is 11.6. The van der Waals surface area contributed by atoms with Crippen molar-refractivity contribution in [3.8, 4) is 0 Å². The molecule has 0 amide bonds. The maximum atomic E-state index is 11.6. The molecule has 1 saturated carbocycles. The summed E-state index contributed by atoms with van der Waals surface area (Å²) in [6.45, 7) is 1.99. The van der Waals surface area contributed by atoms with E-state index in [2.05, 4.69) is 20.9 Å². The van der Waals surface area contributed by atoms with Gasteiger partial charge in [0.25, 0.3) is 0 Å². The smallest absolute Gasteiger partial charge is 0.325 e. The summed E-state index contributed by atoms with van der Waals surface area (Å²) >= 11 is 3.17. The minimum Gasteiger partial charge on any atom is -0.465 e. The molecule has 0 atom stereocenters. The van der Waals surface area contributed by atoms with Crippen molar-refractivity contribution in [2.75, 3.05) is 18.1 Å². The second kappa shape index (κ2) is 6.17. The van der Waals surface area contributed by atoms with Gasteiger partial charge >= 0.3 is 11.7 Å². The minimum atomic E-state index is -0.492. The van der Waals surface area contributed by atoms with Crippen LogP contribution < -0.4 is 4.90 Å². The molecule has 2 rings (SSSR count). The van der Waals surface area contributed by atoms with Crippen LogP contribution in [-0.2, 0) is 9.53 Å². The van der Waals surface area contributed by atoms with Gasteiger partial charge in [-0.1, -0.05) is 0 Å². The molecule has 7 nitrogen and oxygen atoms in total. The van der Waals surface area contributed by atoms with Gasteiger partial charge in [0.05, 0.1) is 11.5 Å². The van der Waals surface area contributed by atoms with Crippen LogP contribution in [0.3, 0.4) is 0 Å². The zero-order chi connectivity index (χ0) is 14.7. The number of hydrogen-bond donors (Lipinski definition) is 0. The molecule has 0 N–H and O–H groups in total. The molecule has 1 aromatic rings. The number of halogens is 1. The predicted octanol–water partition coefficient (Wildman–Crippen LogP) is 2.28. The largest absolute Gasteiger partial charge is 0.465 e. The Morgan fingerprint density at radius 2 is 2.35 bits per heavy atom. The highest BCUT2D eigenvalue weighted by Crippen LogP contribution is 2.36. The van der Waals surface area contributed by atoms with Crippen molar-refractivity contribution in [2.45, 2.75) is 25.8 Å². The number of carbonyl (C=O) groups excluding carboxylic acids is 1. The molecule has 8 heteroatoms. The highest BCUT2D eigenvalue weighted by atomic mass is 79.9. The van der Waals surface area contributed by atoms with Crippen molar-refractivity contribution in [3.63, 3.8) is 0 Å². The number of carbonyl (C=O) groups is 1. The first-order chi connectivity index (χ1) is 9.52. The monoisotopic (exact) mass is 343 g/mol. The Balaban J connectivity index is 2.29. The average molecular weight is 344 g/mol. The molecule has 108 valence electrons. The Kier molecular flexibility index (Phi) is 4.53. The normalized spacial score (nSPS) is 13.9. The number of rotatable bonds is 6. The van der Waals surface area contributed by atoms with Crippen molar-refractivity contribution in [1.29, 1.82) is 0 Å². The van der Waals surface area contributed by atoms with Gasteiger partial charge in [-0.05, 0) is 35.7 Å². The van der Waals surface area contributed by atoms with Crippen LogP contribution in [0.5, 0.6) is 0 Å². The molecule has 1 fully saturated rings. The summed E-state index contributed by atoms with van der Waals surface area (Å²) in [7, 11) is 0. The van der Waals surface area contributed by atoms with Crippen molar-refractivity contribution in [2.24, 2.45) is 0 Å². The predicted molar refractivity (Wildman–Crippen MR) is 75.6 cm³/mol. The standard InChI is InChI=1S/C12H14BrN3O4/c1-2-20-11(17)7-15(9-3-4-9)12-10(16(18)19)5-8(13)6-14-12/h5-6,9H,2-4,7H2,1H3. The van der Waals surface area contributed by atoms with E-state index < -0.39 is 10.9 Å². The number of nitro groups is 1. The van der Waals surface area contributed by atoms with Gasteiger partial charge in [0.1, 0.15) is 6.54 Å². The Labute approximate surface area is 124 Å². The fraction of sp³-hybridized carbons (Fsp3) is 0.500. The van der Waals surface area contributed by atoms with E-state index in [4.69, 9.17) is 4.74 Å². The van der Waals surface area contributed by atoms with Crippen molar-refractivity contribution in [3.05, 3.63) is 26.9 Å². The Morgan fingerprint density at radius 1 is 1.65 bits per heavy atom. The van der Waals surface area contributed by atoms with Gasteiger partial charge in [0.15, 0.2) is 0 Å². The molecule has 1 aliphatic rings. The topological polar surface area (TPSA) is 85.6 Å². The maximum Gasteiger partial charge on any atom is 0.325 e. The van der Waals surface area contributed by atoms with Crippen LogP contribution in [0.1, 0.15) is 19.8 Å². The summed E-state index contributed by atoms with van der Waals surface area (Å²) in [4.78, 5) is 28.0. The van der Waals surface area contributed by atoms with E-state index in [1.807, 2.05) is 0 Å². The Hall–Kier alpha value is -1.70. The third-order valence-corrected chi connectivity index (χ3v) is 3.31. The van der Waals surface area contributed by atoms with E-state index in [9.17, 15) is 14.9 Å². The zero-order valence-electron chi connectivity index (χ0n) is 10.9. The van der Waals surface area contributed by atoms with Gasteiger partial charge in [-0.25, -0.2) is 4.98 Å². The second-order valence-corrected chi connectivity index (χ2v) is 5.33. The van der Waals surface area contributed by atoms with Crippen LogP contribution in [0, 0.1) is 10.1 Å². The molecule has 1 aliphatic carbocycles. The molecule has 0 unspecified atom stereocenters. The van der Waals surface area contributed by atoms with Crippen molar-refractivity contribution in [1.82, 2.24) is 4.98 Å². The zero-order valence-corrected chi connectivity index (χ0v) is 12.5. The number of pyridine rings is 1. The third kappa shape index (κ3) is 3.44.